The third kappa shape index (κ3) is 2.15. The summed E-state index contributed by atoms with van der Waals surface area (Å²) in [7, 11) is 0. The number of aromatic nitrogens is 1. The molecular weight excluding hydrogens is 224 g/mol. The maximum atomic E-state index is 10.1. The molecule has 1 unspecified atom stereocenters. The summed E-state index contributed by atoms with van der Waals surface area (Å²) in [6.45, 7) is 0. The van der Waals surface area contributed by atoms with E-state index < -0.39 is 6.10 Å². The van der Waals surface area contributed by atoms with Gasteiger partial charge in [0.25, 0.3) is 0 Å². The van der Waals surface area contributed by atoms with Crippen molar-refractivity contribution in [3.8, 4) is 0 Å². The van der Waals surface area contributed by atoms with Crippen LogP contribution in [0.4, 0.5) is 5.82 Å². The Morgan fingerprint density at radius 3 is 2.62 bits per heavy atom. The van der Waals surface area contributed by atoms with Gasteiger partial charge in [-0.25, -0.2) is 4.98 Å². The molecule has 0 saturated heterocycles. The Labute approximate surface area is 98.5 Å². The summed E-state index contributed by atoms with van der Waals surface area (Å²) in [5.74, 6) is 0.292. The number of nitrogens with two attached hydrogens (primary N) is 1. The van der Waals surface area contributed by atoms with Gasteiger partial charge in [0, 0.05) is 11.8 Å². The number of halogens is 1. The van der Waals surface area contributed by atoms with Gasteiger partial charge in [-0.15, -0.1) is 0 Å². The molecule has 0 radical (unpaired) electrons. The Morgan fingerprint density at radius 1 is 1.25 bits per heavy atom. The maximum Gasteiger partial charge on any atom is 0.129 e. The van der Waals surface area contributed by atoms with Gasteiger partial charge in [-0.3, -0.25) is 0 Å². The number of benzene rings is 1. The topological polar surface area (TPSA) is 59.1 Å². The van der Waals surface area contributed by atoms with Crippen LogP contribution in [0.1, 0.15) is 17.2 Å². The number of hydrogen-bond donors (Lipinski definition) is 2. The molecule has 1 aromatic carbocycles. The molecule has 0 amide bonds. The van der Waals surface area contributed by atoms with E-state index in [1.807, 2.05) is 30.3 Å². The quantitative estimate of drug-likeness (QED) is 0.839. The van der Waals surface area contributed by atoms with Crippen LogP contribution >= 0.6 is 11.6 Å². The van der Waals surface area contributed by atoms with Crippen LogP contribution in [0.3, 0.4) is 0 Å². The minimum absolute atomic E-state index is 0.292. The van der Waals surface area contributed by atoms with Crippen molar-refractivity contribution < 1.29 is 5.11 Å². The van der Waals surface area contributed by atoms with Crippen LogP contribution in [0.25, 0.3) is 0 Å². The fourth-order valence-corrected chi connectivity index (χ4v) is 1.67. The molecule has 1 atom stereocenters. The summed E-state index contributed by atoms with van der Waals surface area (Å²) in [6.07, 6.45) is 0.658. The zero-order valence-corrected chi connectivity index (χ0v) is 9.22. The van der Waals surface area contributed by atoms with Crippen molar-refractivity contribution in [2.45, 2.75) is 6.10 Å². The van der Waals surface area contributed by atoms with Crippen LogP contribution < -0.4 is 5.73 Å². The zero-order valence-electron chi connectivity index (χ0n) is 8.47. The van der Waals surface area contributed by atoms with Gasteiger partial charge >= 0.3 is 0 Å². The highest BCUT2D eigenvalue weighted by molar-refractivity contribution is 6.30. The van der Waals surface area contributed by atoms with Crippen molar-refractivity contribution in [3.63, 3.8) is 0 Å². The van der Waals surface area contributed by atoms with E-state index in [0.29, 0.717) is 16.4 Å². The van der Waals surface area contributed by atoms with Gasteiger partial charge in [0.1, 0.15) is 11.9 Å². The molecule has 0 bridgehead atoms. The first kappa shape index (κ1) is 10.9. The summed E-state index contributed by atoms with van der Waals surface area (Å²) < 4.78 is 0. The molecule has 4 heteroatoms. The molecule has 0 aliphatic carbocycles. The van der Waals surface area contributed by atoms with E-state index in [1.165, 1.54) is 6.20 Å². The highest BCUT2D eigenvalue weighted by atomic mass is 35.5. The Hall–Kier alpha value is -1.58. The first-order chi connectivity index (χ1) is 7.68. The third-order valence-corrected chi connectivity index (χ3v) is 2.53. The molecule has 0 spiro atoms. The number of hydrogen-bond acceptors (Lipinski definition) is 3. The van der Waals surface area contributed by atoms with Gasteiger partial charge < -0.3 is 10.8 Å². The Bertz CT molecular complexity index is 488. The standard InChI is InChI=1S/C12H11ClN2O/c13-9-6-10(12(14)15-7-9)11(16)8-4-2-1-3-5-8/h1-7,11,16H,(H2,14,15). The van der Waals surface area contributed by atoms with Crippen LogP contribution in [0.15, 0.2) is 42.6 Å². The molecule has 82 valence electrons. The van der Waals surface area contributed by atoms with Gasteiger partial charge in [0.05, 0.1) is 5.02 Å². The van der Waals surface area contributed by atoms with E-state index in [9.17, 15) is 5.11 Å². The van der Waals surface area contributed by atoms with Crippen molar-refractivity contribution in [1.82, 2.24) is 4.98 Å². The van der Waals surface area contributed by atoms with Gasteiger partial charge in [0.15, 0.2) is 0 Å². The minimum atomic E-state index is -0.799. The van der Waals surface area contributed by atoms with E-state index in [2.05, 4.69) is 4.98 Å². The van der Waals surface area contributed by atoms with Crippen LogP contribution in [0.2, 0.25) is 5.02 Å². The lowest BCUT2D eigenvalue weighted by Gasteiger charge is -2.13. The number of aliphatic hydroxyl groups excluding tert-OH is 1. The van der Waals surface area contributed by atoms with E-state index in [1.54, 1.807) is 6.07 Å². The average molecular weight is 235 g/mol. The van der Waals surface area contributed by atoms with Gasteiger partial charge in [-0.2, -0.15) is 0 Å². The maximum absolute atomic E-state index is 10.1. The summed E-state index contributed by atoms with van der Waals surface area (Å²) in [5, 5.41) is 10.6. The second kappa shape index (κ2) is 4.51. The van der Waals surface area contributed by atoms with Crippen molar-refractivity contribution in [3.05, 3.63) is 58.7 Å². The van der Waals surface area contributed by atoms with Gasteiger partial charge in [0.2, 0.25) is 0 Å². The molecule has 2 rings (SSSR count). The summed E-state index contributed by atoms with van der Waals surface area (Å²) in [6, 6.07) is 10.9. The summed E-state index contributed by atoms with van der Waals surface area (Å²) >= 11 is 5.82. The molecule has 16 heavy (non-hydrogen) atoms. The summed E-state index contributed by atoms with van der Waals surface area (Å²) in [5.41, 5.74) is 6.99. The van der Waals surface area contributed by atoms with Gasteiger partial charge in [-0.05, 0) is 11.6 Å². The van der Waals surface area contributed by atoms with Crippen molar-refractivity contribution in [1.29, 1.82) is 0 Å². The van der Waals surface area contributed by atoms with E-state index in [0.717, 1.165) is 5.56 Å². The second-order valence-corrected chi connectivity index (χ2v) is 3.88. The second-order valence-electron chi connectivity index (χ2n) is 3.44. The molecule has 3 nitrogen and oxygen atoms in total. The molecule has 1 heterocycles. The number of rotatable bonds is 2. The zero-order chi connectivity index (χ0) is 11.5. The third-order valence-electron chi connectivity index (χ3n) is 2.33. The molecule has 3 N–H and O–H groups in total. The fraction of sp³-hybridized carbons (Fsp3) is 0.0833. The molecule has 0 aliphatic rings. The van der Waals surface area contributed by atoms with E-state index >= 15 is 0 Å². The average Bonchev–Trinajstić information content (AvgIpc) is 2.32. The first-order valence-corrected chi connectivity index (χ1v) is 5.20. The molecule has 0 saturated carbocycles. The lowest BCUT2D eigenvalue weighted by atomic mass is 10.0. The highest BCUT2D eigenvalue weighted by Crippen LogP contribution is 2.27. The molecule has 0 fully saturated rings. The fourth-order valence-electron chi connectivity index (χ4n) is 1.50. The smallest absolute Gasteiger partial charge is 0.129 e. The normalized spacial score (nSPS) is 12.4. The Morgan fingerprint density at radius 2 is 1.94 bits per heavy atom. The number of anilines is 1. The van der Waals surface area contributed by atoms with Crippen molar-refractivity contribution in [2.24, 2.45) is 0 Å². The number of pyridine rings is 1. The van der Waals surface area contributed by atoms with E-state index in [4.69, 9.17) is 17.3 Å². The minimum Gasteiger partial charge on any atom is -0.384 e. The largest absolute Gasteiger partial charge is 0.384 e. The lowest BCUT2D eigenvalue weighted by Crippen LogP contribution is -2.05. The predicted molar refractivity (Wildman–Crippen MR) is 64.2 cm³/mol. The Kier molecular flexibility index (Phi) is 3.08. The van der Waals surface area contributed by atoms with Crippen LogP contribution in [-0.2, 0) is 0 Å². The SMILES string of the molecule is Nc1ncc(Cl)cc1C(O)c1ccccc1. The number of nitrogens with zero attached hydrogens (tertiary/aromatic N) is 1. The van der Waals surface area contributed by atoms with Crippen LogP contribution in [-0.4, -0.2) is 10.1 Å². The monoisotopic (exact) mass is 234 g/mol. The van der Waals surface area contributed by atoms with E-state index in [-0.39, 0.29) is 0 Å². The number of nitrogen functional groups attached to an aromatic ring is 1. The summed E-state index contributed by atoms with van der Waals surface area (Å²) in [4.78, 5) is 3.91. The predicted octanol–water partition coefficient (Wildman–Crippen LogP) is 2.40. The number of aliphatic hydroxyl groups is 1. The van der Waals surface area contributed by atoms with Gasteiger partial charge in [-0.1, -0.05) is 41.9 Å². The van der Waals surface area contributed by atoms with Crippen molar-refractivity contribution >= 4 is 17.4 Å². The van der Waals surface area contributed by atoms with Crippen molar-refractivity contribution in [2.75, 3.05) is 5.73 Å². The molecular formula is C12H11ClN2O. The highest BCUT2D eigenvalue weighted by Gasteiger charge is 2.14. The molecule has 0 aliphatic heterocycles. The van der Waals surface area contributed by atoms with Crippen LogP contribution in [0.5, 0.6) is 0 Å². The molecule has 2 aromatic rings. The molecule has 1 aromatic heterocycles. The Balaban J connectivity index is 2.41. The first-order valence-electron chi connectivity index (χ1n) is 4.82. The lowest BCUT2D eigenvalue weighted by molar-refractivity contribution is 0.220. The van der Waals surface area contributed by atoms with Crippen LogP contribution in [0, 0.1) is 0 Å².